The van der Waals surface area contributed by atoms with E-state index in [0.29, 0.717) is 5.92 Å². The molecule has 0 saturated heterocycles. The molecule has 0 heterocycles. The quantitative estimate of drug-likeness (QED) is 0.695. The summed E-state index contributed by atoms with van der Waals surface area (Å²) >= 11 is 0. The Bertz CT molecular complexity index is 494. The van der Waals surface area contributed by atoms with Gasteiger partial charge in [0, 0.05) is 5.92 Å². The summed E-state index contributed by atoms with van der Waals surface area (Å²) in [5.41, 5.74) is 4.06. The zero-order chi connectivity index (χ0) is 12.1. The summed E-state index contributed by atoms with van der Waals surface area (Å²) < 4.78 is 0. The standard InChI is InChI=1S/C17H18/c1-3-9-16-12-7-8-13-17(16)14(2)15-10-5-4-6-11-15/h3-14H,1-2H3. The third kappa shape index (κ3) is 2.65. The van der Waals surface area contributed by atoms with Crippen LogP contribution in [0.2, 0.25) is 0 Å². The number of hydrogen-bond acceptors (Lipinski definition) is 0. The first kappa shape index (κ1) is 11.7. The van der Waals surface area contributed by atoms with E-state index in [1.807, 2.05) is 0 Å². The van der Waals surface area contributed by atoms with Crippen LogP contribution in [0.25, 0.3) is 6.08 Å². The molecule has 0 aliphatic rings. The van der Waals surface area contributed by atoms with Crippen LogP contribution >= 0.6 is 0 Å². The van der Waals surface area contributed by atoms with Crippen LogP contribution in [0.1, 0.15) is 36.5 Å². The van der Waals surface area contributed by atoms with Crippen molar-refractivity contribution in [1.29, 1.82) is 0 Å². The van der Waals surface area contributed by atoms with Crippen molar-refractivity contribution in [1.82, 2.24) is 0 Å². The van der Waals surface area contributed by atoms with Crippen molar-refractivity contribution in [2.75, 3.05) is 0 Å². The van der Waals surface area contributed by atoms with Gasteiger partial charge in [0.2, 0.25) is 0 Å². The highest BCUT2D eigenvalue weighted by atomic mass is 14.1. The highest BCUT2D eigenvalue weighted by Crippen LogP contribution is 2.27. The average Bonchev–Trinajstić information content (AvgIpc) is 2.40. The van der Waals surface area contributed by atoms with Crippen molar-refractivity contribution >= 4 is 6.08 Å². The van der Waals surface area contributed by atoms with Crippen molar-refractivity contribution in [3.05, 3.63) is 77.4 Å². The molecule has 86 valence electrons. The number of allylic oxidation sites excluding steroid dienone is 1. The summed E-state index contributed by atoms with van der Waals surface area (Å²) in [5.74, 6) is 0.434. The maximum Gasteiger partial charge on any atom is 0.00669 e. The Balaban J connectivity index is 2.40. The first-order valence-electron chi connectivity index (χ1n) is 6.09. The van der Waals surface area contributed by atoms with Crippen molar-refractivity contribution in [2.24, 2.45) is 0 Å². The Kier molecular flexibility index (Phi) is 3.77. The van der Waals surface area contributed by atoms with Crippen molar-refractivity contribution < 1.29 is 0 Å². The van der Waals surface area contributed by atoms with Gasteiger partial charge < -0.3 is 0 Å². The van der Waals surface area contributed by atoms with Gasteiger partial charge in [0.15, 0.2) is 0 Å². The minimum atomic E-state index is 0.434. The predicted octanol–water partition coefficient (Wildman–Crippen LogP) is 4.87. The highest BCUT2D eigenvalue weighted by Gasteiger charge is 2.10. The van der Waals surface area contributed by atoms with Gasteiger partial charge in [0.25, 0.3) is 0 Å². The van der Waals surface area contributed by atoms with Crippen molar-refractivity contribution in [3.8, 4) is 0 Å². The molecule has 1 unspecified atom stereocenters. The van der Waals surface area contributed by atoms with E-state index >= 15 is 0 Å². The zero-order valence-electron chi connectivity index (χ0n) is 10.4. The second kappa shape index (κ2) is 5.49. The smallest absolute Gasteiger partial charge is 0.00669 e. The molecule has 0 N–H and O–H groups in total. The zero-order valence-corrected chi connectivity index (χ0v) is 10.4. The summed E-state index contributed by atoms with van der Waals surface area (Å²) in [4.78, 5) is 0. The molecular weight excluding hydrogens is 204 g/mol. The fourth-order valence-electron chi connectivity index (χ4n) is 2.16. The van der Waals surface area contributed by atoms with Gasteiger partial charge in [-0.2, -0.15) is 0 Å². The minimum absolute atomic E-state index is 0.434. The summed E-state index contributed by atoms with van der Waals surface area (Å²) in [6.45, 7) is 4.32. The third-order valence-electron chi connectivity index (χ3n) is 3.11. The molecule has 2 aromatic rings. The molecule has 0 aliphatic heterocycles. The van der Waals surface area contributed by atoms with Crippen LogP contribution in [0.3, 0.4) is 0 Å². The van der Waals surface area contributed by atoms with E-state index in [2.05, 4.69) is 80.6 Å². The van der Waals surface area contributed by atoms with Gasteiger partial charge in [0.05, 0.1) is 0 Å². The van der Waals surface area contributed by atoms with E-state index in [-0.39, 0.29) is 0 Å². The molecule has 1 atom stereocenters. The van der Waals surface area contributed by atoms with E-state index in [4.69, 9.17) is 0 Å². The Hall–Kier alpha value is -1.82. The first-order chi connectivity index (χ1) is 8.33. The van der Waals surface area contributed by atoms with Gasteiger partial charge >= 0.3 is 0 Å². The molecule has 0 aromatic heterocycles. The van der Waals surface area contributed by atoms with Crippen LogP contribution in [0.4, 0.5) is 0 Å². The third-order valence-corrected chi connectivity index (χ3v) is 3.11. The first-order valence-corrected chi connectivity index (χ1v) is 6.09. The highest BCUT2D eigenvalue weighted by molar-refractivity contribution is 5.55. The molecule has 2 aromatic carbocycles. The Morgan fingerprint density at radius 1 is 0.882 bits per heavy atom. The average molecular weight is 222 g/mol. The van der Waals surface area contributed by atoms with Gasteiger partial charge in [-0.05, 0) is 23.6 Å². The lowest BCUT2D eigenvalue weighted by molar-refractivity contribution is 0.919. The number of rotatable bonds is 3. The lowest BCUT2D eigenvalue weighted by Gasteiger charge is -2.15. The molecular formula is C17H18. The largest absolute Gasteiger partial charge is 0.0871 e. The molecule has 17 heavy (non-hydrogen) atoms. The summed E-state index contributed by atoms with van der Waals surface area (Å²) in [7, 11) is 0. The summed E-state index contributed by atoms with van der Waals surface area (Å²) in [5, 5.41) is 0. The molecule has 0 bridgehead atoms. The van der Waals surface area contributed by atoms with E-state index in [1.165, 1.54) is 16.7 Å². The molecule has 0 aliphatic carbocycles. The van der Waals surface area contributed by atoms with Gasteiger partial charge in [-0.15, -0.1) is 0 Å². The summed E-state index contributed by atoms with van der Waals surface area (Å²) in [6.07, 6.45) is 4.27. The van der Waals surface area contributed by atoms with E-state index < -0.39 is 0 Å². The molecule has 0 nitrogen and oxygen atoms in total. The molecule has 0 radical (unpaired) electrons. The second-order valence-corrected chi connectivity index (χ2v) is 4.26. The van der Waals surface area contributed by atoms with Gasteiger partial charge in [-0.1, -0.05) is 73.7 Å². The molecule has 2 rings (SSSR count). The molecule has 0 saturated carbocycles. The maximum atomic E-state index is 2.26. The Morgan fingerprint density at radius 3 is 2.24 bits per heavy atom. The topological polar surface area (TPSA) is 0 Å². The fraction of sp³-hybridized carbons (Fsp3) is 0.176. The second-order valence-electron chi connectivity index (χ2n) is 4.26. The van der Waals surface area contributed by atoms with Crippen LogP contribution < -0.4 is 0 Å². The molecule has 0 spiro atoms. The van der Waals surface area contributed by atoms with Crippen molar-refractivity contribution in [2.45, 2.75) is 19.8 Å². The summed E-state index contributed by atoms with van der Waals surface area (Å²) in [6, 6.07) is 19.2. The fourth-order valence-corrected chi connectivity index (χ4v) is 2.16. The monoisotopic (exact) mass is 222 g/mol. The number of benzene rings is 2. The predicted molar refractivity (Wildman–Crippen MR) is 75.1 cm³/mol. The SMILES string of the molecule is CC=Cc1ccccc1C(C)c1ccccc1. The minimum Gasteiger partial charge on any atom is -0.0871 e. The Morgan fingerprint density at radius 2 is 1.53 bits per heavy atom. The number of hydrogen-bond donors (Lipinski definition) is 0. The van der Waals surface area contributed by atoms with Crippen molar-refractivity contribution in [3.63, 3.8) is 0 Å². The lowest BCUT2D eigenvalue weighted by atomic mass is 9.89. The van der Waals surface area contributed by atoms with Crippen LogP contribution in [-0.2, 0) is 0 Å². The Labute approximate surface area is 104 Å². The van der Waals surface area contributed by atoms with E-state index in [9.17, 15) is 0 Å². The van der Waals surface area contributed by atoms with Crippen LogP contribution in [0.5, 0.6) is 0 Å². The molecule has 0 amide bonds. The van der Waals surface area contributed by atoms with Crippen LogP contribution in [0, 0.1) is 0 Å². The van der Waals surface area contributed by atoms with Gasteiger partial charge in [0.1, 0.15) is 0 Å². The van der Waals surface area contributed by atoms with Crippen LogP contribution in [-0.4, -0.2) is 0 Å². The molecule has 0 heteroatoms. The lowest BCUT2D eigenvalue weighted by Crippen LogP contribution is -1.98. The normalized spacial score (nSPS) is 12.8. The molecule has 0 fully saturated rings. The van der Waals surface area contributed by atoms with E-state index in [1.54, 1.807) is 0 Å². The van der Waals surface area contributed by atoms with Gasteiger partial charge in [-0.3, -0.25) is 0 Å². The van der Waals surface area contributed by atoms with Crippen LogP contribution in [0.15, 0.2) is 60.7 Å². The van der Waals surface area contributed by atoms with E-state index in [0.717, 1.165) is 0 Å². The maximum absolute atomic E-state index is 2.26. The van der Waals surface area contributed by atoms with Gasteiger partial charge in [-0.25, -0.2) is 0 Å².